The van der Waals surface area contributed by atoms with Gasteiger partial charge in [0.1, 0.15) is 0 Å². The van der Waals surface area contributed by atoms with Crippen LogP contribution in [0.25, 0.3) is 0 Å². The molecule has 0 nitrogen and oxygen atoms in total. The fraction of sp³-hybridized carbons (Fsp3) is 0.600. The van der Waals surface area contributed by atoms with Crippen molar-refractivity contribution in [2.75, 3.05) is 0 Å². The minimum atomic E-state index is 0.664. The van der Waals surface area contributed by atoms with Crippen molar-refractivity contribution in [2.45, 2.75) is 36.9 Å². The average molecular weight is 314 g/mol. The van der Waals surface area contributed by atoms with E-state index in [1.54, 1.807) is 0 Å². The van der Waals surface area contributed by atoms with E-state index in [1.807, 2.05) is 12.1 Å². The quantitative estimate of drug-likeness (QED) is 0.682. The van der Waals surface area contributed by atoms with Crippen molar-refractivity contribution in [2.24, 2.45) is 17.8 Å². The molecule has 1 aromatic carbocycles. The monoisotopic (exact) mass is 312 g/mol. The molecule has 3 rings (SSSR count). The number of halogens is 2. The van der Waals surface area contributed by atoms with Gasteiger partial charge in [0.25, 0.3) is 0 Å². The van der Waals surface area contributed by atoms with Crippen LogP contribution >= 0.6 is 27.5 Å². The Bertz CT molecular complexity index is 374. The summed E-state index contributed by atoms with van der Waals surface area (Å²) in [6.45, 7) is 0. The van der Waals surface area contributed by atoms with Gasteiger partial charge in [-0.2, -0.15) is 0 Å². The summed E-state index contributed by atoms with van der Waals surface area (Å²) in [5, 5.41) is 0.833. The summed E-state index contributed by atoms with van der Waals surface area (Å²) in [7, 11) is 0. The fourth-order valence-electron chi connectivity index (χ4n) is 3.57. The Morgan fingerprint density at radius 1 is 1.12 bits per heavy atom. The molecular weight excluding hydrogens is 296 g/mol. The molecule has 0 bridgehead atoms. The Morgan fingerprint density at radius 2 is 1.71 bits per heavy atom. The summed E-state index contributed by atoms with van der Waals surface area (Å²) in [5.41, 5.74) is 1.40. The largest absolute Gasteiger partial charge is 0.0884 e. The Balaban J connectivity index is 1.60. The van der Waals surface area contributed by atoms with Crippen LogP contribution < -0.4 is 0 Å². The van der Waals surface area contributed by atoms with Gasteiger partial charge in [0.15, 0.2) is 0 Å². The molecule has 2 fully saturated rings. The lowest BCUT2D eigenvalue weighted by molar-refractivity contribution is 0.480. The molecule has 2 saturated carbocycles. The molecule has 0 radical (unpaired) electrons. The van der Waals surface area contributed by atoms with E-state index in [-0.39, 0.29) is 0 Å². The molecule has 0 heterocycles. The van der Waals surface area contributed by atoms with Crippen LogP contribution in [0.1, 0.15) is 31.2 Å². The lowest BCUT2D eigenvalue weighted by atomic mass is 10.0. The first-order chi connectivity index (χ1) is 8.25. The number of fused-ring (bicyclic) bond motifs is 1. The lowest BCUT2D eigenvalue weighted by Crippen LogP contribution is -2.07. The van der Waals surface area contributed by atoms with Crippen molar-refractivity contribution in [1.29, 1.82) is 0 Å². The zero-order chi connectivity index (χ0) is 11.8. The standard InChI is InChI=1S/C15H18BrCl/c16-14(9-10-5-7-11(17)8-6-10)15-12-3-1-2-4-13(12)15/h5-8,12-15H,1-4,9H2. The molecule has 0 aliphatic heterocycles. The van der Waals surface area contributed by atoms with Gasteiger partial charge in [-0.1, -0.05) is 52.5 Å². The van der Waals surface area contributed by atoms with Crippen molar-refractivity contribution in [3.05, 3.63) is 34.9 Å². The third-order valence-corrected chi connectivity index (χ3v) is 5.67. The van der Waals surface area contributed by atoms with Crippen molar-refractivity contribution in [3.8, 4) is 0 Å². The summed E-state index contributed by atoms with van der Waals surface area (Å²) in [4.78, 5) is 0.664. The molecule has 92 valence electrons. The normalized spacial score (nSPS) is 32.9. The molecule has 2 aliphatic carbocycles. The molecule has 0 spiro atoms. The highest BCUT2D eigenvalue weighted by Gasteiger charge is 2.53. The molecule has 2 heteroatoms. The van der Waals surface area contributed by atoms with E-state index in [4.69, 9.17) is 11.6 Å². The molecule has 3 unspecified atom stereocenters. The van der Waals surface area contributed by atoms with Gasteiger partial charge in [-0.15, -0.1) is 0 Å². The van der Waals surface area contributed by atoms with E-state index in [0.29, 0.717) is 4.83 Å². The van der Waals surface area contributed by atoms with Crippen molar-refractivity contribution in [1.82, 2.24) is 0 Å². The number of alkyl halides is 1. The Hall–Kier alpha value is -0.0100. The topological polar surface area (TPSA) is 0 Å². The van der Waals surface area contributed by atoms with Gasteiger partial charge in [0.2, 0.25) is 0 Å². The van der Waals surface area contributed by atoms with E-state index in [1.165, 1.54) is 31.2 Å². The van der Waals surface area contributed by atoms with E-state index in [2.05, 4.69) is 28.1 Å². The fourth-order valence-corrected chi connectivity index (χ4v) is 4.85. The van der Waals surface area contributed by atoms with Gasteiger partial charge in [0.05, 0.1) is 0 Å². The van der Waals surface area contributed by atoms with Crippen LogP contribution in [0.4, 0.5) is 0 Å². The maximum Gasteiger partial charge on any atom is 0.0406 e. The van der Waals surface area contributed by atoms with Gasteiger partial charge >= 0.3 is 0 Å². The second-order valence-corrected chi connectivity index (χ2v) is 7.15. The van der Waals surface area contributed by atoms with Crippen molar-refractivity contribution < 1.29 is 0 Å². The summed E-state index contributed by atoms with van der Waals surface area (Å²) in [6.07, 6.45) is 7.00. The predicted octanol–water partition coefficient (Wildman–Crippen LogP) is 5.08. The zero-order valence-electron chi connectivity index (χ0n) is 9.91. The summed E-state index contributed by atoms with van der Waals surface area (Å²) < 4.78 is 0. The van der Waals surface area contributed by atoms with Gasteiger partial charge in [0, 0.05) is 9.85 Å². The Morgan fingerprint density at radius 3 is 2.29 bits per heavy atom. The molecule has 0 amide bonds. The van der Waals surface area contributed by atoms with Crippen molar-refractivity contribution >= 4 is 27.5 Å². The Kier molecular flexibility index (Phi) is 3.49. The van der Waals surface area contributed by atoms with Crippen LogP contribution in [-0.2, 0) is 6.42 Å². The maximum atomic E-state index is 5.91. The van der Waals surface area contributed by atoms with Crippen LogP contribution in [0.3, 0.4) is 0 Å². The number of hydrogen-bond donors (Lipinski definition) is 0. The van der Waals surface area contributed by atoms with Gasteiger partial charge in [-0.3, -0.25) is 0 Å². The van der Waals surface area contributed by atoms with Gasteiger partial charge in [-0.05, 0) is 54.7 Å². The summed E-state index contributed by atoms with van der Waals surface area (Å²) >= 11 is 9.83. The van der Waals surface area contributed by atoms with Crippen LogP contribution in [0, 0.1) is 17.8 Å². The Labute approximate surface area is 117 Å². The molecule has 3 atom stereocenters. The second-order valence-electron chi connectivity index (χ2n) is 5.54. The highest BCUT2D eigenvalue weighted by atomic mass is 79.9. The number of hydrogen-bond acceptors (Lipinski definition) is 0. The van der Waals surface area contributed by atoms with E-state index in [9.17, 15) is 0 Å². The van der Waals surface area contributed by atoms with Crippen LogP contribution in [0.5, 0.6) is 0 Å². The minimum absolute atomic E-state index is 0.664. The number of benzene rings is 1. The first-order valence-electron chi connectivity index (χ1n) is 6.64. The first kappa shape index (κ1) is 12.0. The third kappa shape index (κ3) is 2.56. The van der Waals surface area contributed by atoms with Crippen molar-refractivity contribution in [3.63, 3.8) is 0 Å². The molecule has 0 aromatic heterocycles. The maximum absolute atomic E-state index is 5.91. The summed E-state index contributed by atoms with van der Waals surface area (Å²) in [6, 6.07) is 8.30. The molecule has 0 N–H and O–H groups in total. The summed E-state index contributed by atoms with van der Waals surface area (Å²) in [5.74, 6) is 2.99. The molecule has 0 saturated heterocycles. The van der Waals surface area contributed by atoms with E-state index in [0.717, 1.165) is 29.2 Å². The zero-order valence-corrected chi connectivity index (χ0v) is 12.3. The third-order valence-electron chi connectivity index (χ3n) is 4.48. The van der Waals surface area contributed by atoms with E-state index < -0.39 is 0 Å². The van der Waals surface area contributed by atoms with Crippen LogP contribution in [-0.4, -0.2) is 4.83 Å². The second kappa shape index (κ2) is 4.93. The number of rotatable bonds is 3. The highest BCUT2D eigenvalue weighted by molar-refractivity contribution is 9.09. The SMILES string of the molecule is Clc1ccc(CC(Br)C2C3CCCCC32)cc1. The van der Waals surface area contributed by atoms with Gasteiger partial charge < -0.3 is 0 Å². The van der Waals surface area contributed by atoms with Gasteiger partial charge in [-0.25, -0.2) is 0 Å². The van der Waals surface area contributed by atoms with E-state index >= 15 is 0 Å². The van der Waals surface area contributed by atoms with Crippen LogP contribution in [0.15, 0.2) is 24.3 Å². The predicted molar refractivity (Wildman–Crippen MR) is 76.8 cm³/mol. The first-order valence-corrected chi connectivity index (χ1v) is 7.93. The molecule has 1 aromatic rings. The molecule has 2 aliphatic rings. The average Bonchev–Trinajstić information content (AvgIpc) is 3.06. The van der Waals surface area contributed by atoms with Crippen LogP contribution in [0.2, 0.25) is 5.02 Å². The minimum Gasteiger partial charge on any atom is -0.0884 e. The molecular formula is C15H18BrCl. The highest BCUT2D eigenvalue weighted by Crippen LogP contribution is 2.58. The lowest BCUT2D eigenvalue weighted by Gasteiger charge is -2.09. The smallest absolute Gasteiger partial charge is 0.0406 e. The molecule has 17 heavy (non-hydrogen) atoms.